The molecule has 0 spiro atoms. The Morgan fingerprint density at radius 2 is 1.96 bits per heavy atom. The summed E-state index contributed by atoms with van der Waals surface area (Å²) in [6.07, 6.45) is 5.20. The van der Waals surface area contributed by atoms with E-state index in [0.717, 1.165) is 19.3 Å². The zero-order chi connectivity index (χ0) is 19.5. The van der Waals surface area contributed by atoms with E-state index < -0.39 is 20.0 Å². The molecule has 8 nitrogen and oxygen atoms in total. The summed E-state index contributed by atoms with van der Waals surface area (Å²) in [7, 11) is 1.54. The number of amides is 1. The number of aliphatic hydroxyl groups is 1. The van der Waals surface area contributed by atoms with Crippen LogP contribution in [0, 0.1) is 0 Å². The number of likely N-dealkylation sites (N-methyl/N-ethyl adjacent to an activating group) is 1. The van der Waals surface area contributed by atoms with Gasteiger partial charge in [0, 0.05) is 6.92 Å². The highest BCUT2D eigenvalue weighted by Crippen LogP contribution is 2.43. The van der Waals surface area contributed by atoms with Crippen molar-refractivity contribution in [2.24, 2.45) is 0 Å². The highest BCUT2D eigenvalue weighted by molar-refractivity contribution is 7.47. The number of quaternary nitrogens is 1. The molecular weight excluding hydrogens is 347 g/mol. The van der Waals surface area contributed by atoms with Crippen LogP contribution in [-0.4, -0.2) is 73.4 Å². The Labute approximate surface area is 151 Å². The molecule has 0 aliphatic carbocycles. The monoisotopic (exact) mass is 381 g/mol. The summed E-state index contributed by atoms with van der Waals surface area (Å²) < 4.78 is 22.3. The lowest BCUT2D eigenvalue weighted by Gasteiger charge is -2.25. The van der Waals surface area contributed by atoms with Gasteiger partial charge in [0.2, 0.25) is 5.91 Å². The van der Waals surface area contributed by atoms with Crippen molar-refractivity contribution in [2.45, 2.75) is 45.3 Å². The van der Waals surface area contributed by atoms with Gasteiger partial charge in [-0.15, -0.1) is 0 Å². The number of carbonyl (C=O) groups is 1. The van der Waals surface area contributed by atoms with Crippen LogP contribution in [0.5, 0.6) is 0 Å². The average molecular weight is 381 g/mol. The van der Waals surface area contributed by atoms with Crippen molar-refractivity contribution in [1.82, 2.24) is 5.32 Å². The van der Waals surface area contributed by atoms with E-state index in [1.807, 2.05) is 27.2 Å². The SMILES string of the molecule is CCCC/C=C/C(O)C(COP(=O)(O)OCC[N+](C)(C)C)NC(C)=O. The standard InChI is InChI=1S/C16H33N2O6P/c1-6-7-8-9-10-16(20)15(17-14(2)19)13-24-25(21,22)23-12-11-18(3,4)5/h9-10,15-16,20H,6-8,11-13H2,1-5H3,(H-,17,19,21,22)/p+1/b10-9+. The maximum absolute atomic E-state index is 11.9. The summed E-state index contributed by atoms with van der Waals surface area (Å²) >= 11 is 0. The number of nitrogens with zero attached hydrogens (tertiary/aromatic N) is 1. The van der Waals surface area contributed by atoms with Gasteiger partial charge < -0.3 is 19.8 Å². The molecule has 3 unspecified atom stereocenters. The van der Waals surface area contributed by atoms with Crippen LogP contribution in [0.2, 0.25) is 0 Å². The van der Waals surface area contributed by atoms with Crippen LogP contribution < -0.4 is 5.32 Å². The van der Waals surface area contributed by atoms with Crippen molar-refractivity contribution in [2.75, 3.05) is 40.9 Å². The molecule has 0 saturated carbocycles. The number of phosphoric ester groups is 1. The van der Waals surface area contributed by atoms with E-state index in [9.17, 15) is 19.4 Å². The minimum absolute atomic E-state index is 0.0571. The van der Waals surface area contributed by atoms with Crippen LogP contribution in [0.1, 0.15) is 33.1 Å². The molecular formula is C16H34N2O6P+. The molecule has 0 aliphatic heterocycles. The second kappa shape index (κ2) is 11.8. The predicted octanol–water partition coefficient (Wildman–Crippen LogP) is 1.44. The predicted molar refractivity (Wildman–Crippen MR) is 96.9 cm³/mol. The van der Waals surface area contributed by atoms with Gasteiger partial charge in [-0.2, -0.15) is 0 Å². The third-order valence-corrected chi connectivity index (χ3v) is 4.28. The number of nitrogens with one attached hydrogen (secondary N) is 1. The highest BCUT2D eigenvalue weighted by atomic mass is 31.2. The van der Waals surface area contributed by atoms with E-state index in [0.29, 0.717) is 11.0 Å². The van der Waals surface area contributed by atoms with Crippen LogP contribution in [0.3, 0.4) is 0 Å². The largest absolute Gasteiger partial charge is 0.472 e. The second-order valence-corrected chi connectivity index (χ2v) is 8.43. The number of aliphatic hydroxyl groups excluding tert-OH is 1. The fourth-order valence-electron chi connectivity index (χ4n) is 1.82. The van der Waals surface area contributed by atoms with Crippen molar-refractivity contribution < 1.29 is 32.9 Å². The van der Waals surface area contributed by atoms with E-state index in [1.165, 1.54) is 6.92 Å². The van der Waals surface area contributed by atoms with Gasteiger partial charge in [0.15, 0.2) is 0 Å². The Balaban J connectivity index is 4.56. The van der Waals surface area contributed by atoms with Crippen molar-refractivity contribution in [3.05, 3.63) is 12.2 Å². The molecule has 0 saturated heterocycles. The van der Waals surface area contributed by atoms with Crippen LogP contribution in [0.25, 0.3) is 0 Å². The second-order valence-electron chi connectivity index (χ2n) is 6.98. The molecule has 1 amide bonds. The van der Waals surface area contributed by atoms with Gasteiger partial charge >= 0.3 is 7.82 Å². The Bertz CT molecular complexity index is 464. The van der Waals surface area contributed by atoms with Crippen molar-refractivity contribution in [3.63, 3.8) is 0 Å². The number of carbonyl (C=O) groups excluding carboxylic acids is 1. The fraction of sp³-hybridized carbons (Fsp3) is 0.812. The molecule has 0 bridgehead atoms. The van der Waals surface area contributed by atoms with Gasteiger partial charge in [-0.25, -0.2) is 4.57 Å². The Kier molecular flexibility index (Phi) is 11.4. The summed E-state index contributed by atoms with van der Waals surface area (Å²) in [5.41, 5.74) is 0. The molecule has 0 heterocycles. The topological polar surface area (TPSA) is 105 Å². The molecule has 25 heavy (non-hydrogen) atoms. The highest BCUT2D eigenvalue weighted by Gasteiger charge is 2.27. The fourth-order valence-corrected chi connectivity index (χ4v) is 2.56. The summed E-state index contributed by atoms with van der Waals surface area (Å²) in [4.78, 5) is 21.0. The first kappa shape index (κ1) is 24.2. The lowest BCUT2D eigenvalue weighted by atomic mass is 10.1. The lowest BCUT2D eigenvalue weighted by Crippen LogP contribution is -2.44. The molecule has 148 valence electrons. The van der Waals surface area contributed by atoms with E-state index in [-0.39, 0.29) is 19.1 Å². The maximum Gasteiger partial charge on any atom is 0.472 e. The molecule has 3 N–H and O–H groups in total. The van der Waals surface area contributed by atoms with Gasteiger partial charge in [0.1, 0.15) is 13.2 Å². The molecule has 0 radical (unpaired) electrons. The number of hydrogen-bond acceptors (Lipinski definition) is 5. The van der Waals surface area contributed by atoms with Gasteiger partial charge in [-0.05, 0) is 6.42 Å². The molecule has 0 aromatic rings. The van der Waals surface area contributed by atoms with Gasteiger partial charge in [-0.1, -0.05) is 31.9 Å². The van der Waals surface area contributed by atoms with Crippen LogP contribution >= 0.6 is 7.82 Å². The number of unbranched alkanes of at least 4 members (excludes halogenated alkanes) is 2. The van der Waals surface area contributed by atoms with Crippen molar-refractivity contribution in [1.29, 1.82) is 0 Å². The number of hydrogen-bond donors (Lipinski definition) is 3. The summed E-state index contributed by atoms with van der Waals surface area (Å²) in [5.74, 6) is -0.367. The molecule has 0 fully saturated rings. The summed E-state index contributed by atoms with van der Waals surface area (Å²) in [5, 5.41) is 12.7. The first-order valence-corrected chi connectivity index (χ1v) is 10.0. The Hall–Kier alpha value is -0.760. The zero-order valence-electron chi connectivity index (χ0n) is 16.0. The molecule has 0 aliphatic rings. The maximum atomic E-state index is 11.9. The van der Waals surface area contributed by atoms with E-state index >= 15 is 0 Å². The van der Waals surface area contributed by atoms with E-state index in [4.69, 9.17) is 9.05 Å². The van der Waals surface area contributed by atoms with Crippen molar-refractivity contribution in [3.8, 4) is 0 Å². The average Bonchev–Trinajstić information content (AvgIpc) is 2.45. The van der Waals surface area contributed by atoms with Crippen molar-refractivity contribution >= 4 is 13.7 Å². The molecule has 0 aromatic carbocycles. The quantitative estimate of drug-likeness (QED) is 0.193. The Morgan fingerprint density at radius 1 is 1.32 bits per heavy atom. The lowest BCUT2D eigenvalue weighted by molar-refractivity contribution is -0.870. The first-order chi connectivity index (χ1) is 11.5. The molecule has 9 heteroatoms. The van der Waals surface area contributed by atoms with Gasteiger partial charge in [0.05, 0.1) is 39.9 Å². The first-order valence-electron chi connectivity index (χ1n) is 8.51. The zero-order valence-corrected chi connectivity index (χ0v) is 16.9. The minimum atomic E-state index is -4.25. The molecule has 3 atom stereocenters. The van der Waals surface area contributed by atoms with Gasteiger partial charge in [0.25, 0.3) is 0 Å². The number of allylic oxidation sites excluding steroid dienone is 1. The smallest absolute Gasteiger partial charge is 0.387 e. The minimum Gasteiger partial charge on any atom is -0.387 e. The summed E-state index contributed by atoms with van der Waals surface area (Å²) in [6.45, 7) is 3.62. The number of phosphoric acid groups is 1. The van der Waals surface area contributed by atoms with Gasteiger partial charge in [-0.3, -0.25) is 13.8 Å². The third kappa shape index (κ3) is 14.1. The van der Waals surface area contributed by atoms with Crippen LogP contribution in [0.4, 0.5) is 0 Å². The normalized spacial score (nSPS) is 17.2. The molecule has 0 rings (SSSR count). The van der Waals surface area contributed by atoms with Crippen LogP contribution in [-0.2, 0) is 18.4 Å². The number of rotatable bonds is 13. The summed E-state index contributed by atoms with van der Waals surface area (Å²) in [6, 6.07) is -0.835. The van der Waals surface area contributed by atoms with Crippen LogP contribution in [0.15, 0.2) is 12.2 Å². The Morgan fingerprint density at radius 3 is 2.48 bits per heavy atom. The van der Waals surface area contributed by atoms with E-state index in [2.05, 4.69) is 12.2 Å². The molecule has 0 aromatic heterocycles. The van der Waals surface area contributed by atoms with E-state index in [1.54, 1.807) is 6.08 Å². The third-order valence-electron chi connectivity index (χ3n) is 3.29.